The van der Waals surface area contributed by atoms with Gasteiger partial charge in [-0.15, -0.1) is 0 Å². The molecule has 1 aromatic carbocycles. The molecule has 1 unspecified atom stereocenters. The molecule has 0 bridgehead atoms. The zero-order valence-corrected chi connectivity index (χ0v) is 12.2. The van der Waals surface area contributed by atoms with Crippen LogP contribution in [0.15, 0.2) is 30.5 Å². The number of hydrogen-bond donors (Lipinski definition) is 1. The average Bonchev–Trinajstić information content (AvgIpc) is 2.41. The third-order valence-electron chi connectivity index (χ3n) is 3.04. The van der Waals surface area contributed by atoms with Gasteiger partial charge in [-0.1, -0.05) is 6.07 Å². The molecule has 6 heteroatoms. The predicted molar refractivity (Wildman–Crippen MR) is 79.5 cm³/mol. The van der Waals surface area contributed by atoms with Gasteiger partial charge in [-0.2, -0.15) is 0 Å². The van der Waals surface area contributed by atoms with Crippen LogP contribution >= 0.6 is 0 Å². The van der Waals surface area contributed by atoms with Crippen molar-refractivity contribution in [2.45, 2.75) is 26.8 Å². The van der Waals surface area contributed by atoms with Crippen LogP contribution in [-0.2, 0) is 0 Å². The largest absolute Gasteiger partial charge is 0.448 e. The van der Waals surface area contributed by atoms with Gasteiger partial charge in [0.15, 0.2) is 0 Å². The summed E-state index contributed by atoms with van der Waals surface area (Å²) in [5.74, 6) is 0.676. The van der Waals surface area contributed by atoms with E-state index in [0.29, 0.717) is 11.3 Å². The standard InChI is InChI=1S/C15H17N3O3/c1-9-6-10(2)15(14(7-9)18(19)20)21-12-4-5-13(11(3)16)17-8-12/h4-8,11H,16H2,1-3H3. The highest BCUT2D eigenvalue weighted by Crippen LogP contribution is 2.35. The average molecular weight is 287 g/mol. The molecule has 0 saturated carbocycles. The van der Waals surface area contributed by atoms with Gasteiger partial charge in [0.2, 0.25) is 5.75 Å². The van der Waals surface area contributed by atoms with Crippen molar-refractivity contribution >= 4 is 5.69 Å². The van der Waals surface area contributed by atoms with E-state index in [4.69, 9.17) is 10.5 Å². The molecule has 1 heterocycles. The topological polar surface area (TPSA) is 91.3 Å². The minimum absolute atomic E-state index is 0.0521. The number of nitro groups is 1. The highest BCUT2D eigenvalue weighted by molar-refractivity contribution is 5.55. The van der Waals surface area contributed by atoms with Gasteiger partial charge in [0.25, 0.3) is 0 Å². The third kappa shape index (κ3) is 3.35. The van der Waals surface area contributed by atoms with Crippen molar-refractivity contribution in [1.82, 2.24) is 4.98 Å². The second-order valence-corrected chi connectivity index (χ2v) is 5.00. The first-order valence-corrected chi connectivity index (χ1v) is 6.53. The van der Waals surface area contributed by atoms with Crippen molar-refractivity contribution in [2.24, 2.45) is 5.73 Å². The van der Waals surface area contributed by atoms with Crippen molar-refractivity contribution in [3.05, 3.63) is 57.4 Å². The molecule has 1 aromatic heterocycles. The van der Waals surface area contributed by atoms with Crippen LogP contribution < -0.4 is 10.5 Å². The molecule has 0 amide bonds. The molecular formula is C15H17N3O3. The molecule has 0 radical (unpaired) electrons. The van der Waals surface area contributed by atoms with Gasteiger partial charge >= 0.3 is 5.69 Å². The van der Waals surface area contributed by atoms with E-state index in [1.54, 1.807) is 19.1 Å². The molecule has 110 valence electrons. The number of nitrogens with two attached hydrogens (primary N) is 1. The maximum absolute atomic E-state index is 11.2. The lowest BCUT2D eigenvalue weighted by Crippen LogP contribution is -2.06. The molecule has 0 spiro atoms. The second-order valence-electron chi connectivity index (χ2n) is 5.00. The van der Waals surface area contributed by atoms with Gasteiger partial charge in [0.1, 0.15) is 5.75 Å². The third-order valence-corrected chi connectivity index (χ3v) is 3.04. The second kappa shape index (κ2) is 5.88. The minimum atomic E-state index is -0.445. The Morgan fingerprint density at radius 1 is 1.33 bits per heavy atom. The maximum atomic E-state index is 11.2. The fourth-order valence-corrected chi connectivity index (χ4v) is 2.04. The van der Waals surface area contributed by atoms with E-state index in [-0.39, 0.29) is 17.5 Å². The van der Waals surface area contributed by atoms with E-state index in [0.717, 1.165) is 11.3 Å². The van der Waals surface area contributed by atoms with E-state index in [1.165, 1.54) is 12.3 Å². The van der Waals surface area contributed by atoms with E-state index in [9.17, 15) is 10.1 Å². The Kier molecular flexibility index (Phi) is 4.18. The summed E-state index contributed by atoms with van der Waals surface area (Å²) in [5, 5.41) is 11.2. The first-order valence-electron chi connectivity index (χ1n) is 6.53. The molecule has 0 aliphatic carbocycles. The molecule has 0 fully saturated rings. The van der Waals surface area contributed by atoms with Crippen LogP contribution in [-0.4, -0.2) is 9.91 Å². The molecule has 0 aliphatic heterocycles. The van der Waals surface area contributed by atoms with Crippen LogP contribution in [0.5, 0.6) is 11.5 Å². The van der Waals surface area contributed by atoms with Gasteiger partial charge in [0, 0.05) is 12.1 Å². The van der Waals surface area contributed by atoms with E-state index >= 15 is 0 Å². The van der Waals surface area contributed by atoms with Crippen molar-refractivity contribution in [2.75, 3.05) is 0 Å². The highest BCUT2D eigenvalue weighted by Gasteiger charge is 2.19. The van der Waals surface area contributed by atoms with Gasteiger partial charge in [0.05, 0.1) is 16.8 Å². The van der Waals surface area contributed by atoms with Crippen molar-refractivity contribution in [3.8, 4) is 11.5 Å². The molecule has 1 atom stereocenters. The minimum Gasteiger partial charge on any atom is -0.448 e. The summed E-state index contributed by atoms with van der Waals surface area (Å²) in [6.45, 7) is 5.42. The summed E-state index contributed by atoms with van der Waals surface area (Å²) in [4.78, 5) is 14.9. The van der Waals surface area contributed by atoms with E-state index < -0.39 is 4.92 Å². The molecule has 2 rings (SSSR count). The van der Waals surface area contributed by atoms with Gasteiger partial charge in [-0.25, -0.2) is 0 Å². The van der Waals surface area contributed by atoms with Gasteiger partial charge in [-0.05, 0) is 44.0 Å². The summed E-state index contributed by atoms with van der Waals surface area (Å²) in [7, 11) is 0. The normalized spacial score (nSPS) is 12.0. The van der Waals surface area contributed by atoms with Gasteiger partial charge in [-0.3, -0.25) is 15.1 Å². The van der Waals surface area contributed by atoms with Crippen LogP contribution in [0.3, 0.4) is 0 Å². The van der Waals surface area contributed by atoms with Crippen LogP contribution in [0.1, 0.15) is 29.8 Å². The van der Waals surface area contributed by atoms with Crippen LogP contribution in [0.2, 0.25) is 0 Å². The number of nitro benzene ring substituents is 1. The van der Waals surface area contributed by atoms with E-state index in [2.05, 4.69) is 4.98 Å². The lowest BCUT2D eigenvalue weighted by molar-refractivity contribution is -0.385. The molecule has 2 aromatic rings. The quantitative estimate of drug-likeness (QED) is 0.687. The number of ether oxygens (including phenoxy) is 1. The zero-order valence-electron chi connectivity index (χ0n) is 12.2. The number of aromatic nitrogens is 1. The number of nitrogens with zero attached hydrogens (tertiary/aromatic N) is 2. The van der Waals surface area contributed by atoms with Crippen molar-refractivity contribution in [3.63, 3.8) is 0 Å². The Morgan fingerprint density at radius 2 is 2.05 bits per heavy atom. The van der Waals surface area contributed by atoms with E-state index in [1.807, 2.05) is 19.9 Å². The lowest BCUT2D eigenvalue weighted by atomic mass is 10.1. The van der Waals surface area contributed by atoms with Crippen molar-refractivity contribution < 1.29 is 9.66 Å². The number of aryl methyl sites for hydroxylation is 2. The number of pyridine rings is 1. The highest BCUT2D eigenvalue weighted by atomic mass is 16.6. The summed E-state index contributed by atoms with van der Waals surface area (Å²) in [5.41, 5.74) is 7.93. The molecule has 0 saturated heterocycles. The van der Waals surface area contributed by atoms with Crippen LogP contribution in [0.4, 0.5) is 5.69 Å². The summed E-state index contributed by atoms with van der Waals surface area (Å²) in [6, 6.07) is 6.61. The lowest BCUT2D eigenvalue weighted by Gasteiger charge is -2.11. The number of rotatable bonds is 4. The smallest absolute Gasteiger partial charge is 0.312 e. The SMILES string of the molecule is Cc1cc(C)c(Oc2ccc(C(C)N)nc2)c([N+](=O)[O-])c1. The Bertz CT molecular complexity index is 667. The molecule has 21 heavy (non-hydrogen) atoms. The van der Waals surface area contributed by atoms with Crippen LogP contribution in [0.25, 0.3) is 0 Å². The Labute approximate surface area is 122 Å². The molecule has 6 nitrogen and oxygen atoms in total. The maximum Gasteiger partial charge on any atom is 0.312 e. The fraction of sp³-hybridized carbons (Fsp3) is 0.267. The Hall–Kier alpha value is -2.47. The monoisotopic (exact) mass is 287 g/mol. The predicted octanol–water partition coefficient (Wildman–Crippen LogP) is 3.42. The van der Waals surface area contributed by atoms with Gasteiger partial charge < -0.3 is 10.5 Å². The number of benzene rings is 1. The first kappa shape index (κ1) is 14.9. The molecule has 0 aliphatic rings. The summed E-state index contributed by atoms with van der Waals surface area (Å²) in [6.07, 6.45) is 1.52. The summed E-state index contributed by atoms with van der Waals surface area (Å²) >= 11 is 0. The Balaban J connectivity index is 2.37. The zero-order chi connectivity index (χ0) is 15.6. The van der Waals surface area contributed by atoms with Crippen molar-refractivity contribution in [1.29, 1.82) is 0 Å². The number of hydrogen-bond acceptors (Lipinski definition) is 5. The summed E-state index contributed by atoms with van der Waals surface area (Å²) < 4.78 is 5.65. The Morgan fingerprint density at radius 3 is 2.57 bits per heavy atom. The fourth-order valence-electron chi connectivity index (χ4n) is 2.04. The van der Waals surface area contributed by atoms with Crippen LogP contribution in [0, 0.1) is 24.0 Å². The molecular weight excluding hydrogens is 270 g/mol. The first-order chi connectivity index (χ1) is 9.88. The molecule has 2 N–H and O–H groups in total.